The van der Waals surface area contributed by atoms with E-state index in [-0.39, 0.29) is 5.92 Å². The molecule has 5 nitrogen and oxygen atoms in total. The van der Waals surface area contributed by atoms with E-state index in [1.54, 1.807) is 10.9 Å². The van der Waals surface area contributed by atoms with E-state index in [4.69, 9.17) is 11.6 Å². The van der Waals surface area contributed by atoms with E-state index >= 15 is 0 Å². The second-order valence-electron chi connectivity index (χ2n) is 5.21. The Morgan fingerprint density at radius 2 is 2.37 bits per heavy atom. The van der Waals surface area contributed by atoms with E-state index in [9.17, 15) is 9.90 Å². The normalized spacial score (nSPS) is 18.3. The molecule has 1 aromatic rings. The fourth-order valence-electron chi connectivity index (χ4n) is 2.39. The van der Waals surface area contributed by atoms with Gasteiger partial charge < -0.3 is 10.4 Å². The monoisotopic (exact) mass is 285 g/mol. The van der Waals surface area contributed by atoms with Crippen LogP contribution in [0.4, 0.5) is 0 Å². The molecule has 2 N–H and O–H groups in total. The first-order valence-electron chi connectivity index (χ1n) is 6.67. The number of nitrogens with zero attached hydrogens (tertiary/aromatic N) is 2. The molecule has 1 unspecified atom stereocenters. The minimum atomic E-state index is -0.921. The van der Waals surface area contributed by atoms with Crippen molar-refractivity contribution >= 4 is 17.6 Å². The predicted octanol–water partition coefficient (Wildman–Crippen LogP) is 2.08. The summed E-state index contributed by atoms with van der Waals surface area (Å²) < 4.78 is 1.69. The summed E-state index contributed by atoms with van der Waals surface area (Å²) in [5.41, 5.74) is -0.109. The molecule has 6 heteroatoms. The van der Waals surface area contributed by atoms with Crippen LogP contribution in [0.2, 0.25) is 5.02 Å². The van der Waals surface area contributed by atoms with Crippen molar-refractivity contribution < 1.29 is 9.90 Å². The number of carbonyl (C=O) groups is 1. The topological polar surface area (TPSA) is 67.2 Å². The molecule has 106 valence electrons. The van der Waals surface area contributed by atoms with E-state index in [0.717, 1.165) is 25.0 Å². The molecule has 0 aliphatic heterocycles. The highest BCUT2D eigenvalue weighted by molar-refractivity contribution is 6.31. The third-order valence-corrected chi connectivity index (χ3v) is 4.16. The molecule has 1 atom stereocenters. The van der Waals surface area contributed by atoms with Crippen LogP contribution in [0.25, 0.3) is 0 Å². The van der Waals surface area contributed by atoms with Crippen molar-refractivity contribution in [1.29, 1.82) is 0 Å². The Kier molecular flexibility index (Phi) is 4.16. The van der Waals surface area contributed by atoms with Crippen LogP contribution in [0.3, 0.4) is 0 Å². The smallest absolute Gasteiger partial charge is 0.326 e. The number of hydrogen-bond acceptors (Lipinski definition) is 3. The molecule has 1 aliphatic carbocycles. The molecule has 1 fully saturated rings. The maximum atomic E-state index is 11.8. The van der Waals surface area contributed by atoms with Crippen LogP contribution < -0.4 is 5.32 Å². The Bertz CT molecular complexity index is 470. The van der Waals surface area contributed by atoms with Crippen molar-refractivity contribution in [3.8, 4) is 0 Å². The summed E-state index contributed by atoms with van der Waals surface area (Å²) in [5, 5.41) is 17.7. The van der Waals surface area contributed by atoms with E-state index in [1.807, 2.05) is 13.8 Å². The summed E-state index contributed by atoms with van der Waals surface area (Å²) in [6.07, 6.45) is 4.38. The molecule has 1 saturated carbocycles. The average Bonchev–Trinajstić information content (AvgIpc) is 3.17. The van der Waals surface area contributed by atoms with Gasteiger partial charge in [0.15, 0.2) is 0 Å². The number of hydrogen-bond donors (Lipinski definition) is 2. The van der Waals surface area contributed by atoms with Gasteiger partial charge in [-0.2, -0.15) is 5.10 Å². The highest BCUT2D eigenvalue weighted by Crippen LogP contribution is 2.41. The molecule has 0 aromatic carbocycles. The van der Waals surface area contributed by atoms with Crippen molar-refractivity contribution in [2.75, 3.05) is 6.54 Å². The number of aromatic nitrogens is 2. The first-order chi connectivity index (χ1) is 9.01. The Balaban J connectivity index is 2.26. The van der Waals surface area contributed by atoms with Gasteiger partial charge in [-0.15, -0.1) is 0 Å². The fourth-order valence-corrected chi connectivity index (χ4v) is 2.53. The van der Waals surface area contributed by atoms with E-state index < -0.39 is 11.5 Å². The van der Waals surface area contributed by atoms with Gasteiger partial charge in [0.2, 0.25) is 0 Å². The molecule has 19 heavy (non-hydrogen) atoms. The molecule has 1 aliphatic rings. The van der Waals surface area contributed by atoms with Crippen molar-refractivity contribution in [2.24, 2.45) is 5.92 Å². The fraction of sp³-hybridized carbons (Fsp3) is 0.692. The molecule has 2 rings (SSSR count). The Hall–Kier alpha value is -1.07. The lowest BCUT2D eigenvalue weighted by Crippen LogP contribution is -2.57. The van der Waals surface area contributed by atoms with E-state index in [0.29, 0.717) is 18.1 Å². The Morgan fingerprint density at radius 3 is 2.79 bits per heavy atom. The van der Waals surface area contributed by atoms with Gasteiger partial charge in [-0.1, -0.05) is 18.5 Å². The van der Waals surface area contributed by atoms with Crippen molar-refractivity contribution in [3.63, 3.8) is 0 Å². The van der Waals surface area contributed by atoms with E-state index in [2.05, 4.69) is 10.4 Å². The van der Waals surface area contributed by atoms with Crippen molar-refractivity contribution in [2.45, 2.75) is 45.2 Å². The minimum Gasteiger partial charge on any atom is -0.480 e. The summed E-state index contributed by atoms with van der Waals surface area (Å²) in [6, 6.07) is 0. The van der Waals surface area contributed by atoms with Crippen molar-refractivity contribution in [1.82, 2.24) is 15.1 Å². The first kappa shape index (κ1) is 14.3. The number of carboxylic acid groups (broad SMARTS) is 1. The zero-order valence-corrected chi connectivity index (χ0v) is 12.1. The average molecular weight is 286 g/mol. The highest BCUT2D eigenvalue weighted by atomic mass is 35.5. The lowest BCUT2D eigenvalue weighted by atomic mass is 9.92. The van der Waals surface area contributed by atoms with Crippen LogP contribution in [0, 0.1) is 12.8 Å². The van der Waals surface area contributed by atoms with Crippen LogP contribution in [-0.2, 0) is 11.3 Å². The first-order valence-corrected chi connectivity index (χ1v) is 7.05. The number of halogens is 1. The maximum Gasteiger partial charge on any atom is 0.326 e. The largest absolute Gasteiger partial charge is 0.480 e. The van der Waals surface area contributed by atoms with Crippen LogP contribution in [-0.4, -0.2) is 32.9 Å². The highest BCUT2D eigenvalue weighted by Gasteiger charge is 2.51. The molecule has 0 radical (unpaired) electrons. The molecule has 1 aromatic heterocycles. The van der Waals surface area contributed by atoms with Crippen molar-refractivity contribution in [3.05, 3.63) is 16.9 Å². The molecule has 1 heterocycles. The van der Waals surface area contributed by atoms with Gasteiger partial charge in [0.25, 0.3) is 0 Å². The quantitative estimate of drug-likeness (QED) is 0.805. The number of rotatable bonds is 7. The molecular formula is C13H20ClN3O2. The Labute approximate surface area is 117 Å². The van der Waals surface area contributed by atoms with Gasteiger partial charge in [0.1, 0.15) is 5.54 Å². The summed E-state index contributed by atoms with van der Waals surface area (Å²) in [4.78, 5) is 11.8. The second kappa shape index (κ2) is 5.51. The zero-order valence-electron chi connectivity index (χ0n) is 11.3. The zero-order chi connectivity index (χ0) is 14.0. The lowest BCUT2D eigenvalue weighted by Gasteiger charge is -2.31. The van der Waals surface area contributed by atoms with Gasteiger partial charge in [0, 0.05) is 0 Å². The summed E-state index contributed by atoms with van der Waals surface area (Å²) in [5.74, 6) is -0.617. The third-order valence-electron chi connectivity index (χ3n) is 3.79. The summed E-state index contributed by atoms with van der Waals surface area (Å²) in [6.45, 7) is 4.90. The third kappa shape index (κ3) is 2.77. The standard InChI is InChI=1S/C13H20ClN3O2/c1-3-6-15-13(12(18)19,10-4-5-10)8-17-9(2)11(14)7-16-17/h7,10,15H,3-6,8H2,1-2H3,(H,18,19). The molecule has 0 saturated heterocycles. The van der Waals surface area contributed by atoms with Crippen LogP contribution in [0.1, 0.15) is 31.9 Å². The van der Waals surface area contributed by atoms with Gasteiger partial charge in [-0.3, -0.25) is 9.48 Å². The van der Waals surface area contributed by atoms with Gasteiger partial charge in [0.05, 0.1) is 23.5 Å². The summed E-state index contributed by atoms with van der Waals surface area (Å²) in [7, 11) is 0. The number of nitrogens with one attached hydrogen (secondary N) is 1. The predicted molar refractivity (Wildman–Crippen MR) is 73.4 cm³/mol. The SMILES string of the molecule is CCCNC(Cn1ncc(Cl)c1C)(C(=O)O)C1CC1. The van der Waals surface area contributed by atoms with Crippen LogP contribution in [0.15, 0.2) is 6.20 Å². The second-order valence-corrected chi connectivity index (χ2v) is 5.62. The minimum absolute atomic E-state index is 0.180. The molecule has 0 spiro atoms. The summed E-state index contributed by atoms with van der Waals surface area (Å²) >= 11 is 5.99. The van der Waals surface area contributed by atoms with Gasteiger partial charge >= 0.3 is 5.97 Å². The van der Waals surface area contributed by atoms with Gasteiger partial charge in [-0.25, -0.2) is 0 Å². The molecule has 0 bridgehead atoms. The molecule has 0 amide bonds. The Morgan fingerprint density at radius 1 is 1.68 bits per heavy atom. The van der Waals surface area contributed by atoms with E-state index in [1.165, 1.54) is 0 Å². The van der Waals surface area contributed by atoms with Gasteiger partial charge in [-0.05, 0) is 38.6 Å². The van der Waals surface area contributed by atoms with Crippen LogP contribution in [0.5, 0.6) is 0 Å². The maximum absolute atomic E-state index is 11.8. The lowest BCUT2D eigenvalue weighted by molar-refractivity contribution is -0.146. The molecular weight excluding hydrogens is 266 g/mol. The number of carboxylic acids is 1. The number of aliphatic carboxylic acids is 1. The van der Waals surface area contributed by atoms with Crippen LogP contribution >= 0.6 is 11.6 Å².